The number of nitrogens with zero attached hydrogens (tertiary/aromatic N) is 2. The summed E-state index contributed by atoms with van der Waals surface area (Å²) in [5.41, 5.74) is 8.65. The van der Waals surface area contributed by atoms with Crippen molar-refractivity contribution in [1.82, 2.24) is 9.78 Å². The summed E-state index contributed by atoms with van der Waals surface area (Å²) in [5.74, 6) is 0.698. The Kier molecular flexibility index (Phi) is 3.62. The number of thiocarbonyl (C=S) groups is 1. The van der Waals surface area contributed by atoms with Crippen molar-refractivity contribution in [3.8, 4) is 5.75 Å². The molecule has 94 valence electrons. The van der Waals surface area contributed by atoms with Gasteiger partial charge in [-0.25, -0.2) is 0 Å². The molecule has 0 amide bonds. The summed E-state index contributed by atoms with van der Waals surface area (Å²) in [5, 5.41) is 4.25. The Labute approximate surface area is 111 Å². The van der Waals surface area contributed by atoms with Crippen LogP contribution >= 0.6 is 12.2 Å². The normalized spacial score (nSPS) is 10.3. The number of hydrogen-bond acceptors (Lipinski definition) is 3. The average molecular weight is 261 g/mol. The molecule has 2 N–H and O–H groups in total. The summed E-state index contributed by atoms with van der Waals surface area (Å²) in [6.07, 6.45) is 1.79. The molecule has 4 nitrogen and oxygen atoms in total. The lowest BCUT2D eigenvalue weighted by Gasteiger charge is -2.10. The molecular weight excluding hydrogens is 246 g/mol. The number of hydrogen-bond donors (Lipinski definition) is 1. The third-order valence-electron chi connectivity index (χ3n) is 2.79. The molecule has 0 unspecified atom stereocenters. The highest BCUT2D eigenvalue weighted by Gasteiger charge is 2.08. The highest BCUT2D eigenvalue weighted by molar-refractivity contribution is 7.80. The highest BCUT2D eigenvalue weighted by Crippen LogP contribution is 2.20. The van der Waals surface area contributed by atoms with Crippen LogP contribution in [-0.2, 0) is 6.54 Å². The Balaban J connectivity index is 2.33. The van der Waals surface area contributed by atoms with Crippen molar-refractivity contribution in [2.45, 2.75) is 13.5 Å². The van der Waals surface area contributed by atoms with E-state index in [2.05, 4.69) is 5.10 Å². The molecule has 0 bridgehead atoms. The zero-order valence-corrected chi connectivity index (χ0v) is 11.2. The van der Waals surface area contributed by atoms with Crippen LogP contribution in [0.15, 0.2) is 30.5 Å². The topological polar surface area (TPSA) is 53.1 Å². The molecule has 0 saturated heterocycles. The summed E-state index contributed by atoms with van der Waals surface area (Å²) in [6.45, 7) is 2.71. The molecule has 0 aliphatic carbocycles. The third kappa shape index (κ3) is 2.51. The van der Waals surface area contributed by atoms with Crippen molar-refractivity contribution in [3.05, 3.63) is 47.3 Å². The molecule has 2 aromatic rings. The fourth-order valence-corrected chi connectivity index (χ4v) is 1.94. The van der Waals surface area contributed by atoms with Gasteiger partial charge in [-0.2, -0.15) is 5.10 Å². The predicted molar refractivity (Wildman–Crippen MR) is 74.9 cm³/mol. The van der Waals surface area contributed by atoms with Gasteiger partial charge in [-0.3, -0.25) is 4.68 Å². The molecule has 18 heavy (non-hydrogen) atoms. The molecule has 2 rings (SSSR count). The van der Waals surface area contributed by atoms with E-state index in [1.165, 1.54) is 0 Å². The van der Waals surface area contributed by atoms with Gasteiger partial charge in [0.25, 0.3) is 0 Å². The fourth-order valence-electron chi connectivity index (χ4n) is 1.78. The van der Waals surface area contributed by atoms with Crippen molar-refractivity contribution in [1.29, 1.82) is 0 Å². The van der Waals surface area contributed by atoms with E-state index in [4.69, 9.17) is 22.7 Å². The Morgan fingerprint density at radius 1 is 1.44 bits per heavy atom. The zero-order valence-electron chi connectivity index (χ0n) is 10.4. The number of methoxy groups -OCH3 is 1. The summed E-state index contributed by atoms with van der Waals surface area (Å²) < 4.78 is 7.15. The van der Waals surface area contributed by atoms with Gasteiger partial charge in [0.05, 0.1) is 19.2 Å². The van der Waals surface area contributed by atoms with Crippen molar-refractivity contribution in [3.63, 3.8) is 0 Å². The zero-order chi connectivity index (χ0) is 13.1. The second-order valence-electron chi connectivity index (χ2n) is 4.03. The first-order valence-corrected chi connectivity index (χ1v) is 5.98. The predicted octanol–water partition coefficient (Wildman–Crippen LogP) is 1.88. The quantitative estimate of drug-likeness (QED) is 0.854. The Hall–Kier alpha value is -1.88. The summed E-state index contributed by atoms with van der Waals surface area (Å²) in [7, 11) is 1.61. The van der Waals surface area contributed by atoms with Crippen molar-refractivity contribution < 1.29 is 4.74 Å². The van der Waals surface area contributed by atoms with Crippen LogP contribution in [0.5, 0.6) is 5.75 Å². The Morgan fingerprint density at radius 2 is 2.22 bits per heavy atom. The number of rotatable bonds is 4. The van der Waals surface area contributed by atoms with Gasteiger partial charge in [-0.1, -0.05) is 18.3 Å². The molecular formula is C13H15N3OS. The van der Waals surface area contributed by atoms with E-state index < -0.39 is 0 Å². The van der Waals surface area contributed by atoms with Crippen LogP contribution in [-0.4, -0.2) is 21.9 Å². The van der Waals surface area contributed by atoms with Crippen LogP contribution in [0.4, 0.5) is 0 Å². The van der Waals surface area contributed by atoms with E-state index in [-0.39, 0.29) is 0 Å². The molecule has 1 aromatic heterocycles. The maximum absolute atomic E-state index is 5.69. The Morgan fingerprint density at radius 3 is 2.78 bits per heavy atom. The second kappa shape index (κ2) is 5.18. The lowest BCUT2D eigenvalue weighted by molar-refractivity contribution is 0.414. The van der Waals surface area contributed by atoms with E-state index in [9.17, 15) is 0 Å². The van der Waals surface area contributed by atoms with Gasteiger partial charge >= 0.3 is 0 Å². The van der Waals surface area contributed by atoms with E-state index in [0.717, 1.165) is 16.8 Å². The fraction of sp³-hybridized carbons (Fsp3) is 0.231. The van der Waals surface area contributed by atoms with Gasteiger partial charge in [0.15, 0.2) is 0 Å². The number of benzene rings is 1. The van der Waals surface area contributed by atoms with Crippen LogP contribution in [0.1, 0.15) is 16.8 Å². The maximum atomic E-state index is 5.69. The average Bonchev–Trinajstić information content (AvgIpc) is 2.75. The minimum Gasteiger partial charge on any atom is -0.496 e. The van der Waals surface area contributed by atoms with Crippen LogP contribution in [0.3, 0.4) is 0 Å². The molecule has 1 aromatic carbocycles. The minimum atomic E-state index is 0.339. The maximum Gasteiger partial charge on any atom is 0.129 e. The SMILES string of the molecule is COc1ccc(Cn2nccc2C)cc1C(N)=S. The second-order valence-corrected chi connectivity index (χ2v) is 4.47. The molecule has 0 radical (unpaired) electrons. The molecule has 0 spiro atoms. The first-order chi connectivity index (χ1) is 8.61. The van der Waals surface area contributed by atoms with Gasteiger partial charge in [0.1, 0.15) is 10.7 Å². The van der Waals surface area contributed by atoms with E-state index in [1.807, 2.05) is 35.9 Å². The molecule has 0 saturated carbocycles. The summed E-state index contributed by atoms with van der Waals surface area (Å²) in [4.78, 5) is 0.339. The minimum absolute atomic E-state index is 0.339. The number of nitrogens with two attached hydrogens (primary N) is 1. The summed E-state index contributed by atoms with van der Waals surface area (Å²) >= 11 is 5.02. The van der Waals surface area contributed by atoms with Crippen LogP contribution in [0.2, 0.25) is 0 Å². The molecule has 0 atom stereocenters. The van der Waals surface area contributed by atoms with Crippen LogP contribution in [0, 0.1) is 6.92 Å². The number of ether oxygens (including phenoxy) is 1. The largest absolute Gasteiger partial charge is 0.496 e. The van der Waals surface area contributed by atoms with Gasteiger partial charge in [-0.05, 0) is 30.7 Å². The standard InChI is InChI=1S/C13H15N3OS/c1-9-5-6-15-16(9)8-10-3-4-12(17-2)11(7-10)13(14)18/h3-7H,8H2,1-2H3,(H2,14,18). The molecule has 0 aliphatic rings. The van der Waals surface area contributed by atoms with E-state index in [0.29, 0.717) is 17.3 Å². The number of aromatic nitrogens is 2. The first-order valence-electron chi connectivity index (χ1n) is 5.57. The van der Waals surface area contributed by atoms with E-state index in [1.54, 1.807) is 13.3 Å². The van der Waals surface area contributed by atoms with Crippen molar-refractivity contribution in [2.24, 2.45) is 5.73 Å². The van der Waals surface area contributed by atoms with Gasteiger partial charge in [0, 0.05) is 11.9 Å². The van der Waals surface area contributed by atoms with Crippen molar-refractivity contribution >= 4 is 17.2 Å². The monoisotopic (exact) mass is 261 g/mol. The van der Waals surface area contributed by atoms with E-state index >= 15 is 0 Å². The lowest BCUT2D eigenvalue weighted by atomic mass is 10.1. The van der Waals surface area contributed by atoms with Crippen LogP contribution in [0.25, 0.3) is 0 Å². The van der Waals surface area contributed by atoms with Gasteiger partial charge in [-0.15, -0.1) is 0 Å². The Bertz CT molecular complexity index is 577. The third-order valence-corrected chi connectivity index (χ3v) is 3.01. The van der Waals surface area contributed by atoms with Crippen LogP contribution < -0.4 is 10.5 Å². The highest BCUT2D eigenvalue weighted by atomic mass is 32.1. The van der Waals surface area contributed by atoms with Crippen molar-refractivity contribution in [2.75, 3.05) is 7.11 Å². The smallest absolute Gasteiger partial charge is 0.129 e. The molecule has 5 heteroatoms. The van der Waals surface area contributed by atoms with Gasteiger partial charge in [0.2, 0.25) is 0 Å². The molecule has 0 fully saturated rings. The molecule has 0 aliphatic heterocycles. The number of aryl methyl sites for hydroxylation is 1. The molecule has 1 heterocycles. The van der Waals surface area contributed by atoms with Gasteiger partial charge < -0.3 is 10.5 Å². The lowest BCUT2D eigenvalue weighted by Crippen LogP contribution is -2.12. The first kappa shape index (κ1) is 12.6. The summed E-state index contributed by atoms with van der Waals surface area (Å²) in [6, 6.07) is 7.78.